The zero-order valence-corrected chi connectivity index (χ0v) is 9.93. The molecule has 0 radical (unpaired) electrons. The fourth-order valence-corrected chi connectivity index (χ4v) is 1.57. The van der Waals surface area contributed by atoms with Gasteiger partial charge in [-0.25, -0.2) is 0 Å². The molecule has 1 aromatic heterocycles. The smallest absolute Gasteiger partial charge is 0.307 e. The van der Waals surface area contributed by atoms with E-state index >= 15 is 0 Å². The lowest BCUT2D eigenvalue weighted by Gasteiger charge is -2.19. The Labute approximate surface area is 96.0 Å². The number of ether oxygens (including phenoxy) is 1. The van der Waals surface area contributed by atoms with Gasteiger partial charge in [-0.2, -0.15) is 0 Å². The first kappa shape index (κ1) is 12.6. The molecule has 0 amide bonds. The standard InChI is InChI=1S/C12H18N2O2/c1-9(8-12(15)16-3)14-10(2)11-4-6-13-7-5-11/h4-7,9-10,14H,8H2,1-3H3/t9?,10-/m0/s1. The molecule has 2 atom stereocenters. The Kier molecular flexibility index (Phi) is 4.92. The highest BCUT2D eigenvalue weighted by atomic mass is 16.5. The molecule has 1 aromatic rings. The average molecular weight is 222 g/mol. The Morgan fingerprint density at radius 1 is 1.44 bits per heavy atom. The van der Waals surface area contributed by atoms with E-state index < -0.39 is 0 Å². The zero-order chi connectivity index (χ0) is 12.0. The van der Waals surface area contributed by atoms with Crippen molar-refractivity contribution in [1.29, 1.82) is 0 Å². The normalized spacial score (nSPS) is 14.2. The average Bonchev–Trinajstić information content (AvgIpc) is 2.29. The number of carbonyl (C=O) groups is 1. The van der Waals surface area contributed by atoms with Gasteiger partial charge in [0.15, 0.2) is 0 Å². The van der Waals surface area contributed by atoms with Crippen molar-refractivity contribution >= 4 is 5.97 Å². The van der Waals surface area contributed by atoms with Gasteiger partial charge in [0.1, 0.15) is 0 Å². The molecule has 0 spiro atoms. The van der Waals surface area contributed by atoms with Gasteiger partial charge in [0.25, 0.3) is 0 Å². The molecule has 1 heterocycles. The first-order valence-corrected chi connectivity index (χ1v) is 5.36. The predicted molar refractivity (Wildman–Crippen MR) is 61.9 cm³/mol. The molecule has 0 saturated carbocycles. The third-order valence-electron chi connectivity index (χ3n) is 2.44. The van der Waals surface area contributed by atoms with Crippen molar-refractivity contribution in [2.45, 2.75) is 32.4 Å². The summed E-state index contributed by atoms with van der Waals surface area (Å²) in [5.74, 6) is -0.193. The van der Waals surface area contributed by atoms with Crippen molar-refractivity contribution in [3.8, 4) is 0 Å². The summed E-state index contributed by atoms with van der Waals surface area (Å²) >= 11 is 0. The van der Waals surface area contributed by atoms with Crippen LogP contribution in [0.3, 0.4) is 0 Å². The maximum atomic E-state index is 11.1. The number of esters is 1. The van der Waals surface area contributed by atoms with Crippen molar-refractivity contribution in [1.82, 2.24) is 10.3 Å². The summed E-state index contributed by atoms with van der Waals surface area (Å²) < 4.78 is 4.62. The number of hydrogen-bond donors (Lipinski definition) is 1. The number of carbonyl (C=O) groups excluding carboxylic acids is 1. The van der Waals surface area contributed by atoms with E-state index in [-0.39, 0.29) is 18.1 Å². The summed E-state index contributed by atoms with van der Waals surface area (Å²) in [6.45, 7) is 4.03. The van der Waals surface area contributed by atoms with Gasteiger partial charge in [-0.1, -0.05) is 0 Å². The van der Waals surface area contributed by atoms with Crippen LogP contribution < -0.4 is 5.32 Å². The van der Waals surface area contributed by atoms with Crippen LogP contribution in [0, 0.1) is 0 Å². The van der Waals surface area contributed by atoms with Crippen LogP contribution in [0.25, 0.3) is 0 Å². The van der Waals surface area contributed by atoms with E-state index in [2.05, 4.69) is 22.0 Å². The molecule has 0 bridgehead atoms. The van der Waals surface area contributed by atoms with Crippen molar-refractivity contribution in [2.75, 3.05) is 7.11 Å². The third-order valence-corrected chi connectivity index (χ3v) is 2.44. The summed E-state index contributed by atoms with van der Waals surface area (Å²) in [6, 6.07) is 4.21. The van der Waals surface area contributed by atoms with Crippen molar-refractivity contribution in [3.05, 3.63) is 30.1 Å². The van der Waals surface area contributed by atoms with Gasteiger partial charge in [0, 0.05) is 24.5 Å². The molecule has 4 nitrogen and oxygen atoms in total. The van der Waals surface area contributed by atoms with E-state index in [1.54, 1.807) is 12.4 Å². The van der Waals surface area contributed by atoms with Gasteiger partial charge in [-0.3, -0.25) is 9.78 Å². The lowest BCUT2D eigenvalue weighted by molar-refractivity contribution is -0.141. The largest absolute Gasteiger partial charge is 0.469 e. The number of methoxy groups -OCH3 is 1. The number of rotatable bonds is 5. The van der Waals surface area contributed by atoms with Gasteiger partial charge in [-0.05, 0) is 31.5 Å². The lowest BCUT2D eigenvalue weighted by Crippen LogP contribution is -2.31. The second-order valence-electron chi connectivity index (χ2n) is 3.85. The number of nitrogens with one attached hydrogen (secondary N) is 1. The molecule has 0 fully saturated rings. The van der Waals surface area contributed by atoms with Crippen molar-refractivity contribution in [2.24, 2.45) is 0 Å². The number of aromatic nitrogens is 1. The Balaban J connectivity index is 2.45. The van der Waals surface area contributed by atoms with Gasteiger partial charge in [0.2, 0.25) is 0 Å². The van der Waals surface area contributed by atoms with E-state index in [1.165, 1.54) is 7.11 Å². The Morgan fingerprint density at radius 3 is 2.62 bits per heavy atom. The maximum Gasteiger partial charge on any atom is 0.307 e. The first-order valence-electron chi connectivity index (χ1n) is 5.36. The van der Waals surface area contributed by atoms with Crippen LogP contribution in [0.1, 0.15) is 31.9 Å². The summed E-state index contributed by atoms with van der Waals surface area (Å²) in [5.41, 5.74) is 1.16. The molecule has 4 heteroatoms. The monoisotopic (exact) mass is 222 g/mol. The second kappa shape index (κ2) is 6.23. The summed E-state index contributed by atoms with van der Waals surface area (Å²) in [4.78, 5) is 15.0. The molecule has 0 aromatic carbocycles. The van der Waals surface area contributed by atoms with E-state index in [9.17, 15) is 4.79 Å². The minimum Gasteiger partial charge on any atom is -0.469 e. The van der Waals surface area contributed by atoms with Crippen LogP contribution in [0.15, 0.2) is 24.5 Å². The quantitative estimate of drug-likeness (QED) is 0.770. The van der Waals surface area contributed by atoms with Crippen molar-refractivity contribution in [3.63, 3.8) is 0 Å². The molecule has 1 N–H and O–H groups in total. The fraction of sp³-hybridized carbons (Fsp3) is 0.500. The minimum absolute atomic E-state index is 0.0932. The highest BCUT2D eigenvalue weighted by Gasteiger charge is 2.12. The molecule has 1 unspecified atom stereocenters. The number of nitrogens with zero attached hydrogens (tertiary/aromatic N) is 1. The highest BCUT2D eigenvalue weighted by Crippen LogP contribution is 2.11. The molecular formula is C12H18N2O2. The fourth-order valence-electron chi connectivity index (χ4n) is 1.57. The summed E-state index contributed by atoms with van der Waals surface area (Å²) in [6.07, 6.45) is 3.91. The Bertz CT molecular complexity index is 327. The molecule has 0 saturated heterocycles. The third kappa shape index (κ3) is 3.98. The van der Waals surface area contributed by atoms with Crippen molar-refractivity contribution < 1.29 is 9.53 Å². The van der Waals surface area contributed by atoms with Gasteiger partial charge in [-0.15, -0.1) is 0 Å². The predicted octanol–water partition coefficient (Wildman–Crippen LogP) is 1.68. The topological polar surface area (TPSA) is 51.2 Å². The molecule has 0 aliphatic carbocycles. The van der Waals surface area contributed by atoms with Crippen LogP contribution >= 0.6 is 0 Å². The van der Waals surface area contributed by atoms with Crippen LogP contribution in [0.4, 0.5) is 0 Å². The molecule has 0 aliphatic rings. The van der Waals surface area contributed by atoms with Gasteiger partial charge < -0.3 is 10.1 Å². The minimum atomic E-state index is -0.193. The molecule has 88 valence electrons. The molecular weight excluding hydrogens is 204 g/mol. The summed E-state index contributed by atoms with van der Waals surface area (Å²) in [7, 11) is 1.40. The first-order chi connectivity index (χ1) is 7.63. The highest BCUT2D eigenvalue weighted by molar-refractivity contribution is 5.69. The summed E-state index contributed by atoms with van der Waals surface area (Å²) in [5, 5.41) is 3.33. The van der Waals surface area contributed by atoms with Crippen LogP contribution in [-0.2, 0) is 9.53 Å². The SMILES string of the molecule is COC(=O)CC(C)N[C@@H](C)c1ccncc1. The Morgan fingerprint density at radius 2 is 2.06 bits per heavy atom. The van der Waals surface area contributed by atoms with E-state index in [4.69, 9.17) is 0 Å². The molecule has 0 aliphatic heterocycles. The second-order valence-corrected chi connectivity index (χ2v) is 3.85. The van der Waals surface area contributed by atoms with E-state index in [0.717, 1.165) is 5.56 Å². The van der Waals surface area contributed by atoms with E-state index in [0.29, 0.717) is 6.42 Å². The van der Waals surface area contributed by atoms with Crippen LogP contribution in [-0.4, -0.2) is 24.1 Å². The number of hydrogen-bond acceptors (Lipinski definition) is 4. The van der Waals surface area contributed by atoms with Crippen LogP contribution in [0.2, 0.25) is 0 Å². The van der Waals surface area contributed by atoms with Gasteiger partial charge in [0.05, 0.1) is 13.5 Å². The van der Waals surface area contributed by atoms with E-state index in [1.807, 2.05) is 19.1 Å². The zero-order valence-electron chi connectivity index (χ0n) is 9.93. The number of pyridine rings is 1. The Hall–Kier alpha value is -1.42. The lowest BCUT2D eigenvalue weighted by atomic mass is 10.1. The molecule has 1 rings (SSSR count). The van der Waals surface area contributed by atoms with Crippen LogP contribution in [0.5, 0.6) is 0 Å². The molecule has 16 heavy (non-hydrogen) atoms. The maximum absolute atomic E-state index is 11.1. The van der Waals surface area contributed by atoms with Gasteiger partial charge >= 0.3 is 5.97 Å².